The van der Waals surface area contributed by atoms with E-state index in [2.05, 4.69) is 27.7 Å². The third kappa shape index (κ3) is 1.80. The first-order chi connectivity index (χ1) is 8.06. The molecule has 0 fully saturated rings. The normalized spacial score (nSPS) is 12.6. The number of thiophene rings is 1. The number of nitrogens with zero attached hydrogens (tertiary/aromatic N) is 2. The van der Waals surface area contributed by atoms with E-state index in [1.807, 2.05) is 22.7 Å². The molecule has 0 N–H and O–H groups in total. The van der Waals surface area contributed by atoms with E-state index in [9.17, 15) is 0 Å². The number of rotatable bonds is 2. The average molecular weight is 282 g/mol. The van der Waals surface area contributed by atoms with Crippen molar-refractivity contribution in [2.45, 2.75) is 39.5 Å². The van der Waals surface area contributed by atoms with Crippen LogP contribution in [-0.2, 0) is 0 Å². The number of hydrogen-bond acceptors (Lipinski definition) is 5. The van der Waals surface area contributed by atoms with Crippen LogP contribution in [-0.4, -0.2) is 9.97 Å². The molecule has 0 atom stereocenters. The molecule has 3 aromatic heterocycles. The molecule has 3 rings (SSSR count). The molecule has 0 unspecified atom stereocenters. The molecule has 0 aliphatic rings. The van der Waals surface area contributed by atoms with Gasteiger partial charge in [0.15, 0.2) is 0 Å². The van der Waals surface area contributed by atoms with E-state index in [-0.39, 0.29) is 0 Å². The summed E-state index contributed by atoms with van der Waals surface area (Å²) in [5, 5.41) is 2.49. The van der Waals surface area contributed by atoms with Crippen molar-refractivity contribution in [2.24, 2.45) is 0 Å². The molecule has 5 heteroatoms. The molecule has 3 heterocycles. The Morgan fingerprint density at radius 1 is 0.706 bits per heavy atom. The van der Waals surface area contributed by atoms with Gasteiger partial charge in [-0.2, -0.15) is 0 Å². The van der Waals surface area contributed by atoms with Crippen LogP contribution in [0.3, 0.4) is 0 Å². The summed E-state index contributed by atoms with van der Waals surface area (Å²) in [5.74, 6) is 1.04. The second-order valence-electron chi connectivity index (χ2n) is 4.78. The van der Waals surface area contributed by atoms with Crippen molar-refractivity contribution in [3.8, 4) is 0 Å². The monoisotopic (exact) mass is 282 g/mol. The third-order valence-electron chi connectivity index (χ3n) is 2.61. The van der Waals surface area contributed by atoms with Crippen LogP contribution < -0.4 is 0 Å². The predicted octanol–water partition coefficient (Wildman–Crippen LogP) is 5.21. The summed E-state index contributed by atoms with van der Waals surface area (Å²) in [6.07, 6.45) is 0. The molecule has 0 aliphatic heterocycles. The summed E-state index contributed by atoms with van der Waals surface area (Å²) in [5.41, 5.74) is 0. The van der Waals surface area contributed by atoms with Crippen molar-refractivity contribution in [3.05, 3.63) is 10.0 Å². The van der Waals surface area contributed by atoms with Gasteiger partial charge >= 0.3 is 0 Å². The van der Waals surface area contributed by atoms with Crippen LogP contribution in [0, 0.1) is 0 Å². The lowest BCUT2D eigenvalue weighted by atomic mass is 10.2. The topological polar surface area (TPSA) is 25.8 Å². The molecule has 2 nitrogen and oxygen atoms in total. The van der Waals surface area contributed by atoms with Crippen LogP contribution in [0.15, 0.2) is 0 Å². The van der Waals surface area contributed by atoms with E-state index >= 15 is 0 Å². The Morgan fingerprint density at radius 2 is 1.12 bits per heavy atom. The van der Waals surface area contributed by atoms with E-state index < -0.39 is 0 Å². The minimum absolute atomic E-state index is 0.521. The molecule has 3 aromatic rings. The highest BCUT2D eigenvalue weighted by Gasteiger charge is 2.17. The molecule has 0 radical (unpaired) electrons. The first-order valence-electron chi connectivity index (χ1n) is 5.76. The highest BCUT2D eigenvalue weighted by atomic mass is 32.1. The predicted molar refractivity (Wildman–Crippen MR) is 78.9 cm³/mol. The SMILES string of the molecule is CC(C)c1nc2sc3nc(C(C)C)sc3c2s1. The van der Waals surface area contributed by atoms with Crippen LogP contribution >= 0.6 is 34.0 Å². The van der Waals surface area contributed by atoms with Crippen molar-refractivity contribution >= 4 is 53.1 Å². The average Bonchev–Trinajstić information content (AvgIpc) is 2.84. The number of fused-ring (bicyclic) bond motifs is 3. The standard InChI is InChI=1S/C12H14N2S3/c1-5(2)9-13-11-7(15-9)8-12(17-11)14-10(16-8)6(3)4/h5-6H,1-4H3. The zero-order chi connectivity index (χ0) is 12.2. The van der Waals surface area contributed by atoms with E-state index in [0.717, 1.165) is 0 Å². The maximum Gasteiger partial charge on any atom is 0.138 e. The summed E-state index contributed by atoms with van der Waals surface area (Å²) >= 11 is 5.41. The van der Waals surface area contributed by atoms with Crippen molar-refractivity contribution in [2.75, 3.05) is 0 Å². The summed E-state index contributed by atoms with van der Waals surface area (Å²) in [4.78, 5) is 11.7. The molecule has 0 aromatic carbocycles. The van der Waals surface area contributed by atoms with E-state index in [1.54, 1.807) is 11.3 Å². The Morgan fingerprint density at radius 3 is 1.47 bits per heavy atom. The molecule has 0 saturated heterocycles. The molecule has 17 heavy (non-hydrogen) atoms. The largest absolute Gasteiger partial charge is 0.230 e. The number of hydrogen-bond donors (Lipinski definition) is 0. The Hall–Kier alpha value is -0.520. The van der Waals surface area contributed by atoms with E-state index in [1.165, 1.54) is 29.1 Å². The third-order valence-corrected chi connectivity index (χ3v) is 6.72. The van der Waals surface area contributed by atoms with Crippen molar-refractivity contribution in [3.63, 3.8) is 0 Å². The van der Waals surface area contributed by atoms with Gasteiger partial charge in [0.1, 0.15) is 9.66 Å². The van der Waals surface area contributed by atoms with Crippen molar-refractivity contribution in [1.82, 2.24) is 9.97 Å². The van der Waals surface area contributed by atoms with Gasteiger partial charge in [-0.25, -0.2) is 9.97 Å². The fourth-order valence-electron chi connectivity index (χ4n) is 1.65. The highest BCUT2D eigenvalue weighted by molar-refractivity contribution is 7.37. The lowest BCUT2D eigenvalue weighted by Gasteiger charge is -1.94. The van der Waals surface area contributed by atoms with Gasteiger partial charge in [-0.05, 0) is 0 Å². The van der Waals surface area contributed by atoms with Gasteiger partial charge in [0, 0.05) is 11.8 Å². The maximum absolute atomic E-state index is 4.70. The first-order valence-corrected chi connectivity index (χ1v) is 8.21. The molecule has 0 bridgehead atoms. The van der Waals surface area contributed by atoms with Crippen LogP contribution in [0.25, 0.3) is 19.1 Å². The molecule has 90 valence electrons. The van der Waals surface area contributed by atoms with E-state index in [4.69, 9.17) is 9.97 Å². The van der Waals surface area contributed by atoms with Crippen LogP contribution in [0.5, 0.6) is 0 Å². The highest BCUT2D eigenvalue weighted by Crippen LogP contribution is 2.42. The van der Waals surface area contributed by atoms with Gasteiger partial charge in [-0.15, -0.1) is 22.7 Å². The summed E-state index contributed by atoms with van der Waals surface area (Å²) in [7, 11) is 0. The zero-order valence-electron chi connectivity index (χ0n) is 10.3. The van der Waals surface area contributed by atoms with Gasteiger partial charge in [0.25, 0.3) is 0 Å². The smallest absolute Gasteiger partial charge is 0.138 e. The second-order valence-corrected chi connectivity index (χ2v) is 7.82. The Kier molecular flexibility index (Phi) is 2.72. The molecule has 0 saturated carbocycles. The number of thiazole rings is 2. The molecule has 0 spiro atoms. The number of aromatic nitrogens is 2. The maximum atomic E-state index is 4.70. The quantitative estimate of drug-likeness (QED) is 0.644. The van der Waals surface area contributed by atoms with Crippen molar-refractivity contribution in [1.29, 1.82) is 0 Å². The van der Waals surface area contributed by atoms with Gasteiger partial charge in [0.05, 0.1) is 19.4 Å². The lowest BCUT2D eigenvalue weighted by Crippen LogP contribution is -1.83. The van der Waals surface area contributed by atoms with Crippen LogP contribution in [0.1, 0.15) is 49.5 Å². The van der Waals surface area contributed by atoms with Gasteiger partial charge < -0.3 is 0 Å². The fraction of sp³-hybridized carbons (Fsp3) is 0.500. The van der Waals surface area contributed by atoms with Crippen LogP contribution in [0.2, 0.25) is 0 Å². The van der Waals surface area contributed by atoms with Crippen LogP contribution in [0.4, 0.5) is 0 Å². The summed E-state index contributed by atoms with van der Waals surface area (Å²) in [6, 6.07) is 0. The van der Waals surface area contributed by atoms with Crippen molar-refractivity contribution < 1.29 is 0 Å². The summed E-state index contributed by atoms with van der Waals surface area (Å²) < 4.78 is 2.69. The minimum atomic E-state index is 0.521. The summed E-state index contributed by atoms with van der Waals surface area (Å²) in [6.45, 7) is 8.80. The molecular formula is C12H14N2S3. The second kappa shape index (κ2) is 4.00. The fourth-order valence-corrected chi connectivity index (χ4v) is 5.32. The van der Waals surface area contributed by atoms with E-state index in [0.29, 0.717) is 11.8 Å². The minimum Gasteiger partial charge on any atom is -0.230 e. The Labute approximate surface area is 112 Å². The van der Waals surface area contributed by atoms with Gasteiger partial charge in [-0.3, -0.25) is 0 Å². The van der Waals surface area contributed by atoms with Gasteiger partial charge in [0.2, 0.25) is 0 Å². The first kappa shape index (κ1) is 11.6. The lowest BCUT2D eigenvalue weighted by molar-refractivity contribution is 0.857. The molecule has 0 amide bonds. The zero-order valence-corrected chi connectivity index (χ0v) is 12.7. The Bertz CT molecular complexity index is 615. The molecule has 0 aliphatic carbocycles. The van der Waals surface area contributed by atoms with Gasteiger partial charge in [-0.1, -0.05) is 39.0 Å². The Balaban J connectivity index is 2.23. The molecular weight excluding hydrogens is 268 g/mol.